The Morgan fingerprint density at radius 2 is 1.97 bits per heavy atom. The number of piperazine rings is 1. The summed E-state index contributed by atoms with van der Waals surface area (Å²) in [5.41, 5.74) is 1.45. The summed E-state index contributed by atoms with van der Waals surface area (Å²) < 4.78 is 20.8. The van der Waals surface area contributed by atoms with E-state index in [-0.39, 0.29) is 28.9 Å². The number of pyridine rings is 1. The average molecular weight is 519 g/mol. The Morgan fingerprint density at radius 3 is 2.63 bits per heavy atom. The number of carbonyl (C=O) groups excluding carboxylic acids is 2. The number of aromatic nitrogens is 1. The normalized spacial score (nSPS) is 16.5. The number of benzene rings is 2. The number of hydrogen-bond acceptors (Lipinski definition) is 5. The van der Waals surface area contributed by atoms with Crippen LogP contribution in [0.4, 0.5) is 10.1 Å². The third kappa shape index (κ3) is 6.36. The fourth-order valence-corrected chi connectivity index (χ4v) is 4.46. The van der Waals surface area contributed by atoms with Crippen LogP contribution in [0.1, 0.15) is 34.5 Å². The molecule has 0 bridgehead atoms. The molecule has 2 amide bonds. The lowest BCUT2D eigenvalue weighted by Crippen LogP contribution is -2.54. The second-order valence-corrected chi connectivity index (χ2v) is 9.36. The van der Waals surface area contributed by atoms with Gasteiger partial charge < -0.3 is 19.9 Å². The first-order valence-corrected chi connectivity index (χ1v) is 12.4. The molecule has 2 N–H and O–H groups in total. The molecule has 1 aliphatic rings. The molecule has 2 aromatic carbocycles. The monoisotopic (exact) mass is 518 g/mol. The van der Waals surface area contributed by atoms with Crippen molar-refractivity contribution in [2.24, 2.45) is 0 Å². The molecule has 1 aliphatic heterocycles. The lowest BCUT2D eigenvalue weighted by molar-refractivity contribution is -0.130. The first-order valence-electron chi connectivity index (χ1n) is 12.4. The largest absolute Gasteiger partial charge is 0.484 e. The molecule has 4 rings (SSSR count). The molecule has 0 radical (unpaired) electrons. The van der Waals surface area contributed by atoms with Crippen LogP contribution in [-0.4, -0.2) is 58.8 Å². The molecule has 38 heavy (non-hydrogen) atoms. The van der Waals surface area contributed by atoms with Crippen molar-refractivity contribution in [1.29, 1.82) is 0 Å². The Morgan fingerprint density at radius 1 is 1.21 bits per heavy atom. The Labute approximate surface area is 220 Å². The molecule has 1 aromatic heterocycles. The molecule has 198 valence electrons. The van der Waals surface area contributed by atoms with Gasteiger partial charge in [0.25, 0.3) is 5.91 Å². The Hall–Kier alpha value is -4.24. The molecule has 1 saturated heterocycles. The zero-order valence-electron chi connectivity index (χ0n) is 21.4. The van der Waals surface area contributed by atoms with Crippen molar-refractivity contribution in [2.75, 3.05) is 31.5 Å². The second-order valence-electron chi connectivity index (χ2n) is 9.36. The minimum Gasteiger partial charge on any atom is -0.484 e. The maximum absolute atomic E-state index is 14.5. The van der Waals surface area contributed by atoms with Crippen LogP contribution in [-0.2, 0) is 4.79 Å². The molecule has 0 saturated carbocycles. The summed E-state index contributed by atoms with van der Waals surface area (Å²) in [4.78, 5) is 43.3. The Balaban J connectivity index is 1.49. The van der Waals surface area contributed by atoms with Crippen molar-refractivity contribution in [3.63, 3.8) is 0 Å². The number of amides is 2. The lowest BCUT2D eigenvalue weighted by atomic mass is 10.0. The standard InChI is InChI=1S/C29H31FN4O4/c1-4-28(36)34-14-13-33(17-20(34)3)18-27(22-6-5-19(2)24(30)15-22)38-23-9-7-21(8-10-23)29(37)32-25-16-31-12-11-26(25)35/h4-12,15-16,20,27H,1,13-14,17-18H2,2-3H3,(H,31,35)(H,32,37)/t20-,27+/m1/s1. The zero-order valence-corrected chi connectivity index (χ0v) is 21.4. The van der Waals surface area contributed by atoms with Gasteiger partial charge in [0.15, 0.2) is 0 Å². The van der Waals surface area contributed by atoms with Crippen LogP contribution in [0.15, 0.2) is 78.4 Å². The van der Waals surface area contributed by atoms with Gasteiger partial charge in [0.1, 0.15) is 23.4 Å². The number of H-pyrrole nitrogens is 1. The van der Waals surface area contributed by atoms with Crippen molar-refractivity contribution >= 4 is 17.5 Å². The van der Waals surface area contributed by atoms with E-state index in [1.807, 2.05) is 13.0 Å². The highest BCUT2D eigenvalue weighted by Gasteiger charge is 2.28. The van der Waals surface area contributed by atoms with Gasteiger partial charge in [-0.3, -0.25) is 19.3 Å². The van der Waals surface area contributed by atoms with E-state index in [4.69, 9.17) is 4.74 Å². The van der Waals surface area contributed by atoms with Gasteiger partial charge in [-0.25, -0.2) is 4.39 Å². The molecular formula is C29H31FN4O4. The van der Waals surface area contributed by atoms with Gasteiger partial charge in [-0.05, 0) is 61.4 Å². The molecule has 1 fully saturated rings. The fourth-order valence-electron chi connectivity index (χ4n) is 4.46. The van der Waals surface area contributed by atoms with Crippen LogP contribution >= 0.6 is 0 Å². The minimum absolute atomic E-state index is 0.000647. The van der Waals surface area contributed by atoms with Crippen molar-refractivity contribution in [3.8, 4) is 5.75 Å². The molecule has 8 nitrogen and oxygen atoms in total. The third-order valence-electron chi connectivity index (χ3n) is 6.63. The molecule has 3 aromatic rings. The highest BCUT2D eigenvalue weighted by molar-refractivity contribution is 6.04. The van der Waals surface area contributed by atoms with Crippen LogP contribution in [0.25, 0.3) is 0 Å². The Kier molecular flexibility index (Phi) is 8.38. The number of anilines is 1. The number of aryl methyl sites for hydroxylation is 1. The van der Waals surface area contributed by atoms with E-state index in [0.29, 0.717) is 48.6 Å². The van der Waals surface area contributed by atoms with Gasteiger partial charge >= 0.3 is 0 Å². The molecule has 2 heterocycles. The van der Waals surface area contributed by atoms with Gasteiger partial charge in [0.2, 0.25) is 11.3 Å². The summed E-state index contributed by atoms with van der Waals surface area (Å²) in [5.74, 6) is -0.315. The van der Waals surface area contributed by atoms with Gasteiger partial charge in [-0.1, -0.05) is 18.7 Å². The highest BCUT2D eigenvalue weighted by atomic mass is 19.1. The van der Waals surface area contributed by atoms with E-state index in [1.165, 1.54) is 30.6 Å². The van der Waals surface area contributed by atoms with Crippen molar-refractivity contribution in [2.45, 2.75) is 26.0 Å². The van der Waals surface area contributed by atoms with Gasteiger partial charge in [-0.2, -0.15) is 0 Å². The number of carbonyl (C=O) groups is 2. The molecule has 0 spiro atoms. The highest BCUT2D eigenvalue weighted by Crippen LogP contribution is 2.26. The number of ether oxygens (including phenoxy) is 1. The van der Waals surface area contributed by atoms with Gasteiger partial charge in [-0.15, -0.1) is 0 Å². The van der Waals surface area contributed by atoms with Crippen molar-refractivity contribution in [3.05, 3.63) is 106 Å². The number of nitrogens with one attached hydrogen (secondary N) is 2. The quantitative estimate of drug-likeness (QED) is 0.441. The van der Waals surface area contributed by atoms with Crippen molar-refractivity contribution < 1.29 is 18.7 Å². The number of halogens is 1. The predicted molar refractivity (Wildman–Crippen MR) is 144 cm³/mol. The predicted octanol–water partition coefficient (Wildman–Crippen LogP) is 3.91. The summed E-state index contributed by atoms with van der Waals surface area (Å²) in [7, 11) is 0. The first kappa shape index (κ1) is 26.8. The van der Waals surface area contributed by atoms with Gasteiger partial charge in [0.05, 0.1) is 0 Å². The van der Waals surface area contributed by atoms with Crippen LogP contribution in [0, 0.1) is 12.7 Å². The first-order chi connectivity index (χ1) is 18.2. The van der Waals surface area contributed by atoms with Crippen LogP contribution in [0.5, 0.6) is 5.75 Å². The van der Waals surface area contributed by atoms with E-state index >= 15 is 0 Å². The lowest BCUT2D eigenvalue weighted by Gasteiger charge is -2.40. The van der Waals surface area contributed by atoms with Crippen LogP contribution in [0.2, 0.25) is 0 Å². The number of aromatic amines is 1. The molecular weight excluding hydrogens is 487 g/mol. The second kappa shape index (κ2) is 11.9. The number of hydrogen-bond donors (Lipinski definition) is 2. The van der Waals surface area contributed by atoms with E-state index < -0.39 is 12.0 Å². The third-order valence-corrected chi connectivity index (χ3v) is 6.63. The van der Waals surface area contributed by atoms with Crippen LogP contribution < -0.4 is 15.5 Å². The SMILES string of the molecule is C=CC(=O)N1CCN(C[C@H](Oc2ccc(C(=O)Nc3c[nH]ccc3=O)cc2)c2ccc(C)c(F)c2)C[C@H]1C. The van der Waals surface area contributed by atoms with Crippen molar-refractivity contribution in [1.82, 2.24) is 14.8 Å². The molecule has 9 heteroatoms. The number of nitrogens with zero attached hydrogens (tertiary/aromatic N) is 2. The molecule has 0 aliphatic carbocycles. The maximum atomic E-state index is 14.5. The summed E-state index contributed by atoms with van der Waals surface area (Å²) in [5, 5.41) is 2.59. The summed E-state index contributed by atoms with van der Waals surface area (Å²) in [6.45, 7) is 9.62. The topological polar surface area (TPSA) is 94.7 Å². The van der Waals surface area contributed by atoms with E-state index in [2.05, 4.69) is 21.8 Å². The molecule has 2 atom stereocenters. The van der Waals surface area contributed by atoms with Crippen LogP contribution in [0.3, 0.4) is 0 Å². The van der Waals surface area contributed by atoms with E-state index in [0.717, 1.165) is 0 Å². The minimum atomic E-state index is -0.485. The number of rotatable bonds is 8. The fraction of sp³-hybridized carbons (Fsp3) is 0.276. The average Bonchev–Trinajstić information content (AvgIpc) is 2.91. The maximum Gasteiger partial charge on any atom is 0.255 e. The summed E-state index contributed by atoms with van der Waals surface area (Å²) in [6, 6.07) is 13.0. The van der Waals surface area contributed by atoms with E-state index in [1.54, 1.807) is 42.2 Å². The zero-order chi connectivity index (χ0) is 27.2. The van der Waals surface area contributed by atoms with Gasteiger partial charge in [0, 0.05) is 56.2 Å². The Bertz CT molecular complexity index is 1370. The summed E-state index contributed by atoms with van der Waals surface area (Å²) in [6.07, 6.45) is 3.76. The smallest absolute Gasteiger partial charge is 0.255 e. The van der Waals surface area contributed by atoms with E-state index in [9.17, 15) is 18.8 Å². The summed E-state index contributed by atoms with van der Waals surface area (Å²) >= 11 is 0. The molecule has 0 unspecified atom stereocenters.